The number of aliphatic hydroxyl groups excluding tert-OH is 1. The van der Waals surface area contributed by atoms with Crippen LogP contribution in [0.2, 0.25) is 0 Å². The Labute approximate surface area is 157 Å². The van der Waals surface area contributed by atoms with E-state index in [-0.39, 0.29) is 17.9 Å². The predicted octanol–water partition coefficient (Wildman–Crippen LogP) is 1.94. The summed E-state index contributed by atoms with van der Waals surface area (Å²) in [4.78, 5) is 14.6. The summed E-state index contributed by atoms with van der Waals surface area (Å²) >= 11 is 0. The second-order valence-electron chi connectivity index (χ2n) is 5.94. The van der Waals surface area contributed by atoms with Crippen molar-refractivity contribution in [1.82, 2.24) is 4.90 Å². The molecule has 0 radical (unpaired) electrons. The van der Waals surface area contributed by atoms with Crippen LogP contribution in [0.25, 0.3) is 10.8 Å². The van der Waals surface area contributed by atoms with Gasteiger partial charge in [0.15, 0.2) is 6.10 Å². The number of phenols is 1. The number of phenolic OH excluding ortho intramolecular Hbond substituents is 1. The lowest BCUT2D eigenvalue weighted by Gasteiger charge is -2.15. The fraction of sp³-hybridized carbons (Fsp3) is 0.227. The van der Waals surface area contributed by atoms with Crippen molar-refractivity contribution in [2.24, 2.45) is 0 Å². The molecule has 5 heteroatoms. The molecule has 0 bridgehead atoms. The fourth-order valence-corrected chi connectivity index (χ4v) is 2.73. The Hall–Kier alpha value is -3.25. The van der Waals surface area contributed by atoms with Gasteiger partial charge in [0.1, 0.15) is 11.3 Å². The summed E-state index contributed by atoms with van der Waals surface area (Å²) in [5.41, 5.74) is 0.119. The van der Waals surface area contributed by atoms with E-state index in [9.17, 15) is 9.90 Å². The van der Waals surface area contributed by atoms with E-state index in [1.807, 2.05) is 17.0 Å². The van der Waals surface area contributed by atoms with Gasteiger partial charge in [-0.2, -0.15) is 0 Å². The first-order valence-electron chi connectivity index (χ1n) is 8.57. The molecular weight excluding hydrogens is 342 g/mol. The minimum atomic E-state index is -0.778. The van der Waals surface area contributed by atoms with Crippen LogP contribution in [0.3, 0.4) is 0 Å². The molecule has 2 aromatic carbocycles. The number of allylic oxidation sites excluding steroid dienone is 1. The standard InChI is InChI=1S/C22H19NO4/c24-16-15-23-13-5-1-2-8-18(9-6-14-23)27-22(26)21-19-10-4-3-7-17(19)11-12-20(21)25/h2-4,7-8,10-12,18,24-25H,13-16H2/b8-2+. The van der Waals surface area contributed by atoms with Gasteiger partial charge in [0.05, 0.1) is 19.7 Å². The van der Waals surface area contributed by atoms with Crippen LogP contribution in [0.5, 0.6) is 5.75 Å². The summed E-state index contributed by atoms with van der Waals surface area (Å²) in [7, 11) is 0. The summed E-state index contributed by atoms with van der Waals surface area (Å²) in [5, 5.41) is 20.7. The summed E-state index contributed by atoms with van der Waals surface area (Å²) in [6.45, 7) is 1.42. The van der Waals surface area contributed by atoms with E-state index in [2.05, 4.69) is 23.7 Å². The third-order valence-electron chi connectivity index (χ3n) is 4.07. The van der Waals surface area contributed by atoms with E-state index in [0.717, 1.165) is 5.39 Å². The number of fused-ring (bicyclic) bond motifs is 1. The third kappa shape index (κ3) is 4.68. The maximum Gasteiger partial charge on any atom is 0.344 e. The Morgan fingerprint density at radius 3 is 2.85 bits per heavy atom. The molecule has 0 saturated carbocycles. The molecule has 136 valence electrons. The molecule has 0 aliphatic carbocycles. The second kappa shape index (κ2) is 8.91. The number of hydrogen-bond donors (Lipinski definition) is 2. The molecule has 1 aliphatic heterocycles. The zero-order chi connectivity index (χ0) is 19.1. The van der Waals surface area contributed by atoms with Crippen LogP contribution in [0.1, 0.15) is 10.4 Å². The van der Waals surface area contributed by atoms with Gasteiger partial charge in [-0.25, -0.2) is 4.79 Å². The van der Waals surface area contributed by atoms with Crippen molar-refractivity contribution in [2.75, 3.05) is 26.2 Å². The maximum absolute atomic E-state index is 12.7. The maximum atomic E-state index is 12.7. The number of benzene rings is 2. The molecule has 1 aliphatic rings. The quantitative estimate of drug-likeness (QED) is 0.643. The highest BCUT2D eigenvalue weighted by molar-refractivity contribution is 6.07. The smallest absolute Gasteiger partial charge is 0.344 e. The SMILES string of the molecule is O=C(OC1C#CCN(CCO)CC#C/C=C/1)c1c(O)ccc2ccccc12. The molecule has 1 atom stereocenters. The Kier molecular flexibility index (Phi) is 6.12. The van der Waals surface area contributed by atoms with Crippen molar-refractivity contribution in [2.45, 2.75) is 6.10 Å². The van der Waals surface area contributed by atoms with E-state index in [1.54, 1.807) is 30.4 Å². The Morgan fingerprint density at radius 1 is 1.19 bits per heavy atom. The van der Waals surface area contributed by atoms with Gasteiger partial charge in [0.2, 0.25) is 0 Å². The van der Waals surface area contributed by atoms with Crippen LogP contribution in [0.15, 0.2) is 48.6 Å². The topological polar surface area (TPSA) is 70.0 Å². The molecule has 0 amide bonds. The highest BCUT2D eigenvalue weighted by atomic mass is 16.5. The zero-order valence-electron chi connectivity index (χ0n) is 14.7. The van der Waals surface area contributed by atoms with Gasteiger partial charge in [-0.15, -0.1) is 0 Å². The number of ether oxygens (including phenoxy) is 1. The van der Waals surface area contributed by atoms with Crippen molar-refractivity contribution < 1.29 is 19.7 Å². The first kappa shape index (κ1) is 18.5. The molecule has 0 saturated heterocycles. The molecule has 1 unspecified atom stereocenters. The van der Waals surface area contributed by atoms with Gasteiger partial charge in [0, 0.05) is 6.54 Å². The summed E-state index contributed by atoms with van der Waals surface area (Å²) in [6, 6.07) is 10.5. The van der Waals surface area contributed by atoms with Gasteiger partial charge in [-0.3, -0.25) is 4.90 Å². The van der Waals surface area contributed by atoms with Crippen molar-refractivity contribution in [1.29, 1.82) is 0 Å². The van der Waals surface area contributed by atoms with Crippen LogP contribution in [0, 0.1) is 23.7 Å². The monoisotopic (exact) mass is 361 g/mol. The molecule has 0 spiro atoms. The Morgan fingerprint density at radius 2 is 2.00 bits per heavy atom. The minimum Gasteiger partial charge on any atom is -0.507 e. The number of carbonyl (C=O) groups is 1. The molecule has 0 aromatic heterocycles. The lowest BCUT2D eigenvalue weighted by molar-refractivity contribution is 0.0474. The average Bonchev–Trinajstić information content (AvgIpc) is 2.67. The van der Waals surface area contributed by atoms with Crippen LogP contribution >= 0.6 is 0 Å². The van der Waals surface area contributed by atoms with Crippen molar-refractivity contribution >= 4 is 16.7 Å². The summed E-state index contributed by atoms with van der Waals surface area (Å²) in [5.74, 6) is 10.9. The van der Waals surface area contributed by atoms with E-state index in [4.69, 9.17) is 9.84 Å². The van der Waals surface area contributed by atoms with Crippen LogP contribution in [-0.4, -0.2) is 53.4 Å². The number of esters is 1. The number of hydrogen-bond acceptors (Lipinski definition) is 5. The van der Waals surface area contributed by atoms with Gasteiger partial charge in [-0.05, 0) is 29.0 Å². The van der Waals surface area contributed by atoms with Gasteiger partial charge in [-0.1, -0.05) is 54.0 Å². The molecule has 2 aromatic rings. The molecule has 3 rings (SSSR count). The summed E-state index contributed by atoms with van der Waals surface area (Å²) in [6.07, 6.45) is 2.43. The first-order valence-corrected chi connectivity index (χ1v) is 8.57. The minimum absolute atomic E-state index is 0.0258. The van der Waals surface area contributed by atoms with E-state index >= 15 is 0 Å². The molecule has 5 nitrogen and oxygen atoms in total. The molecule has 0 fully saturated rings. The van der Waals surface area contributed by atoms with Gasteiger partial charge < -0.3 is 14.9 Å². The number of carbonyl (C=O) groups excluding carboxylic acids is 1. The molecule has 27 heavy (non-hydrogen) atoms. The average molecular weight is 361 g/mol. The molecular formula is C22H19NO4. The number of aliphatic hydroxyl groups is 1. The lowest BCUT2D eigenvalue weighted by atomic mass is 10.0. The normalized spacial score (nSPS) is 17.9. The fourth-order valence-electron chi connectivity index (χ4n) is 2.73. The number of aromatic hydroxyl groups is 1. The van der Waals surface area contributed by atoms with E-state index in [0.29, 0.717) is 25.0 Å². The lowest BCUT2D eigenvalue weighted by Crippen LogP contribution is -2.28. The third-order valence-corrected chi connectivity index (χ3v) is 4.07. The molecule has 1 heterocycles. The zero-order valence-corrected chi connectivity index (χ0v) is 14.7. The Bertz CT molecular complexity index is 988. The largest absolute Gasteiger partial charge is 0.507 e. The number of β-amino-alcohol motifs (C(OH)–C–C–N with tert-alkyl or cyclic N) is 1. The second-order valence-corrected chi connectivity index (χ2v) is 5.94. The summed E-state index contributed by atoms with van der Waals surface area (Å²) < 4.78 is 5.50. The van der Waals surface area contributed by atoms with Crippen molar-refractivity contribution in [3.63, 3.8) is 0 Å². The van der Waals surface area contributed by atoms with Crippen molar-refractivity contribution in [3.05, 3.63) is 54.1 Å². The van der Waals surface area contributed by atoms with E-state index in [1.165, 1.54) is 6.07 Å². The molecule has 2 N–H and O–H groups in total. The highest BCUT2D eigenvalue weighted by Crippen LogP contribution is 2.28. The number of nitrogens with zero attached hydrogens (tertiary/aromatic N) is 1. The van der Waals surface area contributed by atoms with Crippen LogP contribution in [-0.2, 0) is 4.74 Å². The van der Waals surface area contributed by atoms with Gasteiger partial charge >= 0.3 is 5.97 Å². The van der Waals surface area contributed by atoms with Gasteiger partial charge in [0.25, 0.3) is 0 Å². The Balaban J connectivity index is 1.84. The van der Waals surface area contributed by atoms with Crippen LogP contribution in [0.4, 0.5) is 0 Å². The van der Waals surface area contributed by atoms with Crippen LogP contribution < -0.4 is 0 Å². The van der Waals surface area contributed by atoms with Crippen molar-refractivity contribution in [3.8, 4) is 29.4 Å². The highest BCUT2D eigenvalue weighted by Gasteiger charge is 2.19. The number of rotatable bonds is 4. The first-order chi connectivity index (χ1) is 13.2. The van der Waals surface area contributed by atoms with E-state index < -0.39 is 12.1 Å². The predicted molar refractivity (Wildman–Crippen MR) is 103 cm³/mol.